The maximum atomic E-state index is 12.0. The number of carbonyl (C=O) groups excluding carboxylic acids is 1. The summed E-state index contributed by atoms with van der Waals surface area (Å²) in [6.45, 7) is 3.87. The number of hydrogen-bond acceptors (Lipinski definition) is 4. The van der Waals surface area contributed by atoms with E-state index >= 15 is 0 Å². The Morgan fingerprint density at radius 2 is 1.95 bits per heavy atom. The summed E-state index contributed by atoms with van der Waals surface area (Å²) in [7, 11) is 1.83. The van der Waals surface area contributed by atoms with Crippen LogP contribution in [0.3, 0.4) is 0 Å². The van der Waals surface area contributed by atoms with Crippen molar-refractivity contribution < 1.29 is 9.53 Å². The zero-order valence-electron chi connectivity index (χ0n) is 12.1. The molecule has 0 aromatic heterocycles. The molecule has 0 spiro atoms. The fourth-order valence-electron chi connectivity index (χ4n) is 1.83. The Morgan fingerprint density at radius 3 is 2.42 bits per heavy atom. The van der Waals surface area contributed by atoms with Gasteiger partial charge in [0.15, 0.2) is 5.78 Å². The van der Waals surface area contributed by atoms with E-state index < -0.39 is 0 Å². The molecule has 0 aliphatic rings. The molecule has 1 N–H and O–H groups in total. The van der Waals surface area contributed by atoms with Gasteiger partial charge in [0.1, 0.15) is 11.7 Å². The van der Waals surface area contributed by atoms with E-state index in [1.165, 1.54) is 0 Å². The van der Waals surface area contributed by atoms with Crippen molar-refractivity contribution in [3.8, 4) is 5.75 Å². The summed E-state index contributed by atoms with van der Waals surface area (Å²) in [6.07, 6.45) is 2.72. The Morgan fingerprint density at radius 1 is 1.32 bits per heavy atom. The summed E-state index contributed by atoms with van der Waals surface area (Å²) >= 11 is 1.65. The third kappa shape index (κ3) is 5.25. The SMILES string of the molecule is CN[C@@H](Cc1ccc(OCSC)cc1)C(=O)C(C)C. The predicted molar refractivity (Wildman–Crippen MR) is 81.8 cm³/mol. The molecule has 3 nitrogen and oxygen atoms in total. The van der Waals surface area contributed by atoms with Gasteiger partial charge in [0.25, 0.3) is 0 Å². The molecule has 19 heavy (non-hydrogen) atoms. The molecule has 0 saturated heterocycles. The molecule has 0 bridgehead atoms. The van der Waals surface area contributed by atoms with E-state index in [0.29, 0.717) is 5.94 Å². The van der Waals surface area contributed by atoms with E-state index in [1.807, 2.05) is 51.4 Å². The predicted octanol–water partition coefficient (Wildman–Crippen LogP) is 2.74. The average Bonchev–Trinajstić information content (AvgIpc) is 2.43. The van der Waals surface area contributed by atoms with Crippen LogP contribution in [-0.2, 0) is 11.2 Å². The Kier molecular flexibility index (Phi) is 6.95. The second kappa shape index (κ2) is 8.23. The van der Waals surface area contributed by atoms with E-state index in [2.05, 4.69) is 5.32 Å². The molecule has 0 saturated carbocycles. The summed E-state index contributed by atoms with van der Waals surface area (Å²) < 4.78 is 5.51. The lowest BCUT2D eigenvalue weighted by Gasteiger charge is -2.17. The van der Waals surface area contributed by atoms with Gasteiger partial charge in [-0.05, 0) is 37.4 Å². The molecule has 0 fully saturated rings. The molecule has 1 aromatic rings. The third-order valence-electron chi connectivity index (χ3n) is 2.97. The fourth-order valence-corrected chi connectivity index (χ4v) is 2.09. The molecule has 0 unspecified atom stereocenters. The number of likely N-dealkylation sites (N-methyl/N-ethyl adjacent to an activating group) is 1. The normalized spacial score (nSPS) is 12.5. The first-order chi connectivity index (χ1) is 9.08. The van der Waals surface area contributed by atoms with Gasteiger partial charge in [-0.25, -0.2) is 0 Å². The minimum Gasteiger partial charge on any atom is -0.483 e. The largest absolute Gasteiger partial charge is 0.483 e. The molecular weight excluding hydrogens is 258 g/mol. The van der Waals surface area contributed by atoms with Crippen LogP contribution in [0.5, 0.6) is 5.75 Å². The zero-order valence-corrected chi connectivity index (χ0v) is 12.9. The monoisotopic (exact) mass is 281 g/mol. The summed E-state index contributed by atoms with van der Waals surface area (Å²) in [4.78, 5) is 12.0. The second-order valence-electron chi connectivity index (χ2n) is 4.80. The highest BCUT2D eigenvalue weighted by Crippen LogP contribution is 2.15. The lowest BCUT2D eigenvalue weighted by molar-refractivity contribution is -0.123. The summed E-state index contributed by atoms with van der Waals surface area (Å²) in [6, 6.07) is 7.84. The second-order valence-corrected chi connectivity index (χ2v) is 5.61. The quantitative estimate of drug-likeness (QED) is 0.744. The van der Waals surface area contributed by atoms with Gasteiger partial charge in [0.2, 0.25) is 0 Å². The van der Waals surface area contributed by atoms with E-state index in [1.54, 1.807) is 11.8 Å². The minimum absolute atomic E-state index is 0.0571. The Hall–Kier alpha value is -1.00. The highest BCUT2D eigenvalue weighted by Gasteiger charge is 2.19. The number of thioether (sulfide) groups is 1. The van der Waals surface area contributed by atoms with Gasteiger partial charge in [-0.2, -0.15) is 0 Å². The first-order valence-corrected chi connectivity index (χ1v) is 7.89. The maximum absolute atomic E-state index is 12.0. The van der Waals surface area contributed by atoms with Crippen molar-refractivity contribution in [3.63, 3.8) is 0 Å². The van der Waals surface area contributed by atoms with Gasteiger partial charge in [-0.15, -0.1) is 11.8 Å². The lowest BCUT2D eigenvalue weighted by atomic mass is 9.96. The number of benzene rings is 1. The fraction of sp³-hybridized carbons (Fsp3) is 0.533. The molecule has 0 amide bonds. The van der Waals surface area contributed by atoms with E-state index in [-0.39, 0.29) is 17.7 Å². The van der Waals surface area contributed by atoms with Crippen molar-refractivity contribution in [1.29, 1.82) is 0 Å². The minimum atomic E-state index is -0.113. The first-order valence-electron chi connectivity index (χ1n) is 6.50. The molecular formula is C15H23NO2S. The molecule has 4 heteroatoms. The molecule has 0 aliphatic heterocycles. The zero-order chi connectivity index (χ0) is 14.3. The molecule has 1 atom stereocenters. The van der Waals surface area contributed by atoms with Crippen LogP contribution < -0.4 is 10.1 Å². The van der Waals surface area contributed by atoms with Gasteiger partial charge in [0.05, 0.1) is 6.04 Å². The summed E-state index contributed by atoms with van der Waals surface area (Å²) in [5, 5.41) is 3.10. The average molecular weight is 281 g/mol. The van der Waals surface area contributed by atoms with Crippen LogP contribution in [0.15, 0.2) is 24.3 Å². The van der Waals surface area contributed by atoms with Crippen molar-refractivity contribution >= 4 is 17.5 Å². The number of ketones is 1. The standard InChI is InChI=1S/C15H23NO2S/c1-11(2)15(17)14(16-3)9-12-5-7-13(8-6-12)18-10-19-4/h5-8,11,14,16H,9-10H2,1-4H3/t14-/m0/s1. The Labute approximate surface area is 120 Å². The van der Waals surface area contributed by atoms with Crippen LogP contribution in [0.25, 0.3) is 0 Å². The number of Topliss-reactive ketones (excluding diaryl/α,β-unsaturated/α-hetero) is 1. The molecule has 0 radical (unpaired) electrons. The molecule has 106 valence electrons. The molecule has 1 aromatic carbocycles. The first kappa shape index (κ1) is 16.1. The van der Waals surface area contributed by atoms with Crippen LogP contribution in [0, 0.1) is 5.92 Å². The van der Waals surface area contributed by atoms with Crippen LogP contribution in [-0.4, -0.2) is 31.1 Å². The van der Waals surface area contributed by atoms with Crippen LogP contribution in [0.4, 0.5) is 0 Å². The summed E-state index contributed by atoms with van der Waals surface area (Å²) in [5.74, 6) is 1.84. The maximum Gasteiger partial charge on any atom is 0.152 e. The highest BCUT2D eigenvalue weighted by atomic mass is 32.2. The van der Waals surface area contributed by atoms with Crippen LogP contribution >= 0.6 is 11.8 Å². The van der Waals surface area contributed by atoms with E-state index in [9.17, 15) is 4.79 Å². The van der Waals surface area contributed by atoms with Gasteiger partial charge < -0.3 is 10.1 Å². The Balaban J connectivity index is 2.63. The van der Waals surface area contributed by atoms with Crippen molar-refractivity contribution in [2.45, 2.75) is 26.3 Å². The smallest absolute Gasteiger partial charge is 0.152 e. The van der Waals surface area contributed by atoms with Crippen LogP contribution in [0.1, 0.15) is 19.4 Å². The van der Waals surface area contributed by atoms with Gasteiger partial charge in [-0.3, -0.25) is 4.79 Å². The number of carbonyl (C=O) groups is 1. The number of ether oxygens (including phenoxy) is 1. The van der Waals surface area contributed by atoms with E-state index in [0.717, 1.165) is 17.7 Å². The van der Waals surface area contributed by atoms with E-state index in [4.69, 9.17) is 4.74 Å². The lowest BCUT2D eigenvalue weighted by Crippen LogP contribution is -2.38. The number of hydrogen-bond donors (Lipinski definition) is 1. The number of nitrogens with one attached hydrogen (secondary N) is 1. The van der Waals surface area contributed by atoms with Gasteiger partial charge >= 0.3 is 0 Å². The van der Waals surface area contributed by atoms with Crippen molar-refractivity contribution in [3.05, 3.63) is 29.8 Å². The Bertz CT molecular complexity index is 390. The van der Waals surface area contributed by atoms with Crippen molar-refractivity contribution in [1.82, 2.24) is 5.32 Å². The highest BCUT2D eigenvalue weighted by molar-refractivity contribution is 7.98. The van der Waals surface area contributed by atoms with Gasteiger partial charge in [-0.1, -0.05) is 26.0 Å². The number of rotatable bonds is 8. The topological polar surface area (TPSA) is 38.3 Å². The van der Waals surface area contributed by atoms with Gasteiger partial charge in [0, 0.05) is 5.92 Å². The van der Waals surface area contributed by atoms with Crippen LogP contribution in [0.2, 0.25) is 0 Å². The molecule has 1 rings (SSSR count). The third-order valence-corrected chi connectivity index (χ3v) is 3.32. The summed E-state index contributed by atoms with van der Waals surface area (Å²) in [5.41, 5.74) is 1.14. The van der Waals surface area contributed by atoms with Crippen molar-refractivity contribution in [2.75, 3.05) is 19.2 Å². The van der Waals surface area contributed by atoms with Crippen molar-refractivity contribution in [2.24, 2.45) is 5.92 Å². The molecule has 0 heterocycles. The molecule has 0 aliphatic carbocycles.